The Morgan fingerprint density at radius 1 is 1.37 bits per heavy atom. The Hall–Kier alpha value is -0.930. The van der Waals surface area contributed by atoms with E-state index in [-0.39, 0.29) is 11.2 Å². The van der Waals surface area contributed by atoms with Gasteiger partial charge >= 0.3 is 0 Å². The van der Waals surface area contributed by atoms with Gasteiger partial charge in [-0.25, -0.2) is 4.39 Å². The lowest BCUT2D eigenvalue weighted by Crippen LogP contribution is -2.46. The van der Waals surface area contributed by atoms with Gasteiger partial charge in [-0.15, -0.1) is 0 Å². The molecule has 1 aliphatic heterocycles. The summed E-state index contributed by atoms with van der Waals surface area (Å²) in [5.41, 5.74) is 1.32. The fourth-order valence-electron chi connectivity index (χ4n) is 2.61. The first-order valence-electron chi connectivity index (χ1n) is 7.15. The van der Waals surface area contributed by atoms with Crippen LogP contribution in [0.5, 0.6) is 0 Å². The predicted octanol–water partition coefficient (Wildman–Crippen LogP) is 3.04. The van der Waals surface area contributed by atoms with Crippen LogP contribution in [0.25, 0.3) is 0 Å². The van der Waals surface area contributed by atoms with Crippen molar-refractivity contribution in [3.05, 3.63) is 35.6 Å². The molecule has 106 valence electrons. The van der Waals surface area contributed by atoms with E-state index >= 15 is 0 Å². The van der Waals surface area contributed by atoms with Gasteiger partial charge in [0, 0.05) is 19.1 Å². The predicted molar refractivity (Wildman–Crippen MR) is 77.5 cm³/mol. The third-order valence-corrected chi connectivity index (χ3v) is 3.82. The molecule has 3 heteroatoms. The smallest absolute Gasteiger partial charge is 0.123 e. The van der Waals surface area contributed by atoms with Crippen LogP contribution in [-0.4, -0.2) is 30.6 Å². The molecule has 1 unspecified atom stereocenters. The Morgan fingerprint density at radius 3 is 2.84 bits per heavy atom. The fraction of sp³-hybridized carbons (Fsp3) is 0.625. The van der Waals surface area contributed by atoms with Crippen molar-refractivity contribution >= 4 is 0 Å². The van der Waals surface area contributed by atoms with E-state index in [1.807, 2.05) is 6.07 Å². The Bertz CT molecular complexity index is 411. The van der Waals surface area contributed by atoms with Crippen molar-refractivity contribution in [2.75, 3.05) is 19.6 Å². The minimum absolute atomic E-state index is 0.141. The van der Waals surface area contributed by atoms with Gasteiger partial charge in [0.25, 0.3) is 0 Å². The molecule has 2 rings (SSSR count). The maximum absolute atomic E-state index is 13.2. The van der Waals surface area contributed by atoms with Crippen LogP contribution in [-0.2, 0) is 6.54 Å². The molecular formula is C16H25FN2. The van der Waals surface area contributed by atoms with Crippen LogP contribution in [0.2, 0.25) is 0 Å². The van der Waals surface area contributed by atoms with E-state index in [0.717, 1.165) is 38.2 Å². The average molecular weight is 264 g/mol. The molecule has 1 N–H and O–H groups in total. The van der Waals surface area contributed by atoms with Crippen molar-refractivity contribution in [1.82, 2.24) is 10.2 Å². The summed E-state index contributed by atoms with van der Waals surface area (Å²) in [6.07, 6.45) is 1.15. The monoisotopic (exact) mass is 264 g/mol. The van der Waals surface area contributed by atoms with Crippen molar-refractivity contribution in [3.63, 3.8) is 0 Å². The molecule has 0 saturated carbocycles. The molecule has 1 saturated heterocycles. The Morgan fingerprint density at radius 2 is 2.16 bits per heavy atom. The van der Waals surface area contributed by atoms with Crippen LogP contribution >= 0.6 is 0 Å². The van der Waals surface area contributed by atoms with Crippen LogP contribution in [0.1, 0.15) is 32.8 Å². The Labute approximate surface area is 116 Å². The largest absolute Gasteiger partial charge is 0.312 e. The fourth-order valence-corrected chi connectivity index (χ4v) is 2.61. The normalized spacial score (nSPS) is 22.2. The molecule has 0 radical (unpaired) electrons. The minimum Gasteiger partial charge on any atom is -0.312 e. The summed E-state index contributed by atoms with van der Waals surface area (Å²) in [4.78, 5) is 2.44. The van der Waals surface area contributed by atoms with Crippen molar-refractivity contribution in [2.24, 2.45) is 5.41 Å². The number of hydrogen-bond acceptors (Lipinski definition) is 2. The van der Waals surface area contributed by atoms with E-state index in [1.54, 1.807) is 12.1 Å². The van der Waals surface area contributed by atoms with Gasteiger partial charge in [0.1, 0.15) is 5.82 Å². The number of nitrogens with zero attached hydrogens (tertiary/aromatic N) is 1. The van der Waals surface area contributed by atoms with Gasteiger partial charge in [-0.1, -0.05) is 32.9 Å². The SMILES string of the molecule is CC(C)(C)C1CN(Cc2cccc(F)c2)CCCN1. The summed E-state index contributed by atoms with van der Waals surface area (Å²) >= 11 is 0. The van der Waals surface area contributed by atoms with Crippen molar-refractivity contribution < 1.29 is 4.39 Å². The third kappa shape index (κ3) is 4.29. The van der Waals surface area contributed by atoms with Gasteiger partial charge in [0.2, 0.25) is 0 Å². The van der Waals surface area contributed by atoms with E-state index in [0.29, 0.717) is 6.04 Å². The van der Waals surface area contributed by atoms with Gasteiger partial charge in [-0.2, -0.15) is 0 Å². The molecular weight excluding hydrogens is 239 g/mol. The lowest BCUT2D eigenvalue weighted by Gasteiger charge is -2.33. The van der Waals surface area contributed by atoms with Crippen molar-refractivity contribution in [3.8, 4) is 0 Å². The standard InChI is InChI=1S/C16H25FN2/c1-16(2,3)15-12-19(9-5-8-18-15)11-13-6-4-7-14(17)10-13/h4,6-7,10,15,18H,5,8-9,11-12H2,1-3H3. The van der Waals surface area contributed by atoms with Crippen molar-refractivity contribution in [2.45, 2.75) is 39.8 Å². The van der Waals surface area contributed by atoms with Gasteiger partial charge in [0.05, 0.1) is 0 Å². The highest BCUT2D eigenvalue weighted by Gasteiger charge is 2.27. The second-order valence-electron chi connectivity index (χ2n) is 6.59. The van der Waals surface area contributed by atoms with Gasteiger partial charge in [-0.3, -0.25) is 4.90 Å². The van der Waals surface area contributed by atoms with E-state index in [1.165, 1.54) is 6.07 Å². The van der Waals surface area contributed by atoms with Crippen molar-refractivity contribution in [1.29, 1.82) is 0 Å². The molecule has 1 atom stereocenters. The van der Waals surface area contributed by atoms with Crippen LogP contribution in [0.15, 0.2) is 24.3 Å². The second-order valence-corrected chi connectivity index (χ2v) is 6.59. The average Bonchev–Trinajstić information content (AvgIpc) is 2.54. The highest BCUT2D eigenvalue weighted by Crippen LogP contribution is 2.22. The van der Waals surface area contributed by atoms with Crippen LogP contribution < -0.4 is 5.32 Å². The molecule has 1 heterocycles. The first-order valence-corrected chi connectivity index (χ1v) is 7.15. The first kappa shape index (κ1) is 14.5. The zero-order chi connectivity index (χ0) is 13.9. The number of hydrogen-bond donors (Lipinski definition) is 1. The number of nitrogens with one attached hydrogen (secondary N) is 1. The maximum atomic E-state index is 13.2. The van der Waals surface area contributed by atoms with E-state index in [2.05, 4.69) is 31.0 Å². The third-order valence-electron chi connectivity index (χ3n) is 3.82. The summed E-state index contributed by atoms with van der Waals surface area (Å²) in [5, 5.41) is 3.63. The molecule has 19 heavy (non-hydrogen) atoms. The summed E-state index contributed by atoms with van der Waals surface area (Å²) in [5.74, 6) is -0.141. The molecule has 1 aromatic rings. The highest BCUT2D eigenvalue weighted by atomic mass is 19.1. The van der Waals surface area contributed by atoms with E-state index < -0.39 is 0 Å². The van der Waals surface area contributed by atoms with Crippen LogP contribution in [0.3, 0.4) is 0 Å². The molecule has 2 nitrogen and oxygen atoms in total. The summed E-state index contributed by atoms with van der Waals surface area (Å²) < 4.78 is 13.2. The van der Waals surface area contributed by atoms with Gasteiger partial charge < -0.3 is 5.32 Å². The lowest BCUT2D eigenvalue weighted by molar-refractivity contribution is 0.192. The number of rotatable bonds is 2. The quantitative estimate of drug-likeness (QED) is 0.883. The molecule has 0 aliphatic carbocycles. The second kappa shape index (κ2) is 6.02. The summed E-state index contributed by atoms with van der Waals surface area (Å²) in [6, 6.07) is 7.44. The number of benzene rings is 1. The summed E-state index contributed by atoms with van der Waals surface area (Å²) in [6.45, 7) is 10.8. The van der Waals surface area contributed by atoms with Crippen LogP contribution in [0.4, 0.5) is 4.39 Å². The van der Waals surface area contributed by atoms with E-state index in [4.69, 9.17) is 0 Å². The summed E-state index contributed by atoms with van der Waals surface area (Å²) in [7, 11) is 0. The van der Waals surface area contributed by atoms with E-state index in [9.17, 15) is 4.39 Å². The molecule has 1 aliphatic rings. The minimum atomic E-state index is -0.141. The molecule has 0 amide bonds. The zero-order valence-corrected chi connectivity index (χ0v) is 12.2. The Balaban J connectivity index is 2.02. The van der Waals surface area contributed by atoms with Gasteiger partial charge in [0.15, 0.2) is 0 Å². The molecule has 1 aromatic carbocycles. The molecule has 0 spiro atoms. The number of halogens is 1. The zero-order valence-electron chi connectivity index (χ0n) is 12.2. The first-order chi connectivity index (χ1) is 8.95. The topological polar surface area (TPSA) is 15.3 Å². The lowest BCUT2D eigenvalue weighted by atomic mass is 9.86. The van der Waals surface area contributed by atoms with Gasteiger partial charge in [-0.05, 0) is 42.6 Å². The Kier molecular flexibility index (Phi) is 4.58. The van der Waals surface area contributed by atoms with Crippen LogP contribution in [0, 0.1) is 11.2 Å². The molecule has 0 aromatic heterocycles. The highest BCUT2D eigenvalue weighted by molar-refractivity contribution is 5.16. The molecule has 0 bridgehead atoms. The molecule has 1 fully saturated rings. The maximum Gasteiger partial charge on any atom is 0.123 e.